The van der Waals surface area contributed by atoms with E-state index in [2.05, 4.69) is 22.5 Å². The molecule has 1 heterocycles. The van der Waals surface area contributed by atoms with E-state index in [0.717, 1.165) is 82.6 Å². The van der Waals surface area contributed by atoms with Crippen molar-refractivity contribution >= 4 is 29.9 Å². The molecule has 0 aromatic rings. The van der Waals surface area contributed by atoms with E-state index in [0.29, 0.717) is 5.92 Å². The third kappa shape index (κ3) is 7.15. The van der Waals surface area contributed by atoms with Crippen LogP contribution in [0.4, 0.5) is 0 Å². The zero-order chi connectivity index (χ0) is 17.3. The Hall–Kier alpha value is -0.0800. The van der Waals surface area contributed by atoms with Gasteiger partial charge in [-0.25, -0.2) is 0 Å². The van der Waals surface area contributed by atoms with Crippen molar-refractivity contribution in [2.45, 2.75) is 51.9 Å². The maximum atomic E-state index is 5.75. The highest BCUT2D eigenvalue weighted by Gasteiger charge is 2.38. The molecule has 1 saturated heterocycles. The second-order valence-corrected chi connectivity index (χ2v) is 8.07. The van der Waals surface area contributed by atoms with Gasteiger partial charge in [0, 0.05) is 38.8 Å². The minimum atomic E-state index is 0. The molecule has 0 spiro atoms. The minimum absolute atomic E-state index is 0. The van der Waals surface area contributed by atoms with E-state index in [4.69, 9.17) is 9.47 Å². The van der Waals surface area contributed by atoms with Crippen molar-refractivity contribution in [1.29, 1.82) is 0 Å². The summed E-state index contributed by atoms with van der Waals surface area (Å²) in [6.07, 6.45) is 9.39. The number of ether oxygens (including phenoxy) is 2. The summed E-state index contributed by atoms with van der Waals surface area (Å²) < 4.78 is 11.1. The first kappa shape index (κ1) is 22.2. The molecule has 0 aromatic heterocycles. The van der Waals surface area contributed by atoms with Gasteiger partial charge in [-0.1, -0.05) is 6.42 Å². The molecule has 0 radical (unpaired) electrons. The van der Waals surface area contributed by atoms with Gasteiger partial charge in [0.25, 0.3) is 0 Å². The Morgan fingerprint density at radius 3 is 2.81 bits per heavy atom. The van der Waals surface area contributed by atoms with E-state index in [1.165, 1.54) is 32.1 Å². The van der Waals surface area contributed by atoms with Crippen molar-refractivity contribution in [3.63, 3.8) is 0 Å². The zero-order valence-electron chi connectivity index (χ0n) is 16.4. The van der Waals surface area contributed by atoms with Gasteiger partial charge in [0.2, 0.25) is 0 Å². The summed E-state index contributed by atoms with van der Waals surface area (Å²) >= 11 is 0. The summed E-state index contributed by atoms with van der Waals surface area (Å²) in [6, 6.07) is 0. The quantitative estimate of drug-likeness (QED) is 0.218. The summed E-state index contributed by atoms with van der Waals surface area (Å²) in [5, 5.41) is 6.88. The Bertz CT molecular complexity index is 416. The van der Waals surface area contributed by atoms with Gasteiger partial charge in [0.1, 0.15) is 0 Å². The van der Waals surface area contributed by atoms with Gasteiger partial charge in [-0.2, -0.15) is 0 Å². The SMILES string of the molecule is CCNC(=NCCCOCC1CCOC1)NCCC1CC2CCC1C2.I. The lowest BCUT2D eigenvalue weighted by molar-refractivity contribution is 0.0893. The fourth-order valence-corrected chi connectivity index (χ4v) is 4.77. The smallest absolute Gasteiger partial charge is 0.191 e. The molecule has 1 aliphatic heterocycles. The molecule has 26 heavy (non-hydrogen) atoms. The van der Waals surface area contributed by atoms with E-state index >= 15 is 0 Å². The monoisotopic (exact) mass is 479 g/mol. The summed E-state index contributed by atoms with van der Waals surface area (Å²) in [5.74, 6) is 4.60. The maximum Gasteiger partial charge on any atom is 0.191 e. The Morgan fingerprint density at radius 1 is 1.19 bits per heavy atom. The summed E-state index contributed by atoms with van der Waals surface area (Å²) in [4.78, 5) is 4.68. The molecule has 5 nitrogen and oxygen atoms in total. The molecule has 2 bridgehead atoms. The predicted molar refractivity (Wildman–Crippen MR) is 117 cm³/mol. The molecule has 0 amide bonds. The van der Waals surface area contributed by atoms with Gasteiger partial charge in [-0.05, 0) is 63.2 Å². The molecule has 0 aromatic carbocycles. The molecule has 6 heteroatoms. The number of nitrogens with zero attached hydrogens (tertiary/aromatic N) is 1. The minimum Gasteiger partial charge on any atom is -0.381 e. The Morgan fingerprint density at radius 2 is 2.12 bits per heavy atom. The van der Waals surface area contributed by atoms with E-state index in [1.807, 2.05) is 0 Å². The summed E-state index contributed by atoms with van der Waals surface area (Å²) in [7, 11) is 0. The zero-order valence-corrected chi connectivity index (χ0v) is 18.7. The van der Waals surface area contributed by atoms with Crippen molar-refractivity contribution in [1.82, 2.24) is 10.6 Å². The number of hydrogen-bond donors (Lipinski definition) is 2. The van der Waals surface area contributed by atoms with Gasteiger partial charge in [0.15, 0.2) is 5.96 Å². The van der Waals surface area contributed by atoms with Crippen molar-refractivity contribution < 1.29 is 9.47 Å². The van der Waals surface area contributed by atoms with Crippen molar-refractivity contribution in [2.24, 2.45) is 28.7 Å². The molecule has 3 aliphatic rings. The van der Waals surface area contributed by atoms with E-state index in [9.17, 15) is 0 Å². The van der Waals surface area contributed by atoms with Gasteiger partial charge in [0.05, 0.1) is 13.2 Å². The van der Waals surface area contributed by atoms with Crippen LogP contribution in [0.25, 0.3) is 0 Å². The number of hydrogen-bond acceptors (Lipinski definition) is 3. The van der Waals surface area contributed by atoms with Crippen LogP contribution in [-0.2, 0) is 9.47 Å². The molecule has 3 fully saturated rings. The van der Waals surface area contributed by atoms with Gasteiger partial charge < -0.3 is 20.1 Å². The number of guanidine groups is 1. The van der Waals surface area contributed by atoms with Crippen LogP contribution in [0.5, 0.6) is 0 Å². The van der Waals surface area contributed by atoms with Crippen LogP contribution in [0.15, 0.2) is 4.99 Å². The van der Waals surface area contributed by atoms with Crippen LogP contribution < -0.4 is 10.6 Å². The van der Waals surface area contributed by atoms with E-state index in [1.54, 1.807) is 0 Å². The lowest BCUT2D eigenvalue weighted by Crippen LogP contribution is -2.38. The second-order valence-electron chi connectivity index (χ2n) is 8.07. The van der Waals surface area contributed by atoms with Crippen LogP contribution in [-0.4, -0.2) is 52.0 Å². The van der Waals surface area contributed by atoms with Crippen molar-refractivity contribution in [2.75, 3.05) is 46.1 Å². The van der Waals surface area contributed by atoms with Crippen LogP contribution >= 0.6 is 24.0 Å². The van der Waals surface area contributed by atoms with Crippen LogP contribution in [0.3, 0.4) is 0 Å². The predicted octanol–water partition coefficient (Wildman–Crippen LogP) is 3.43. The van der Waals surface area contributed by atoms with Crippen LogP contribution in [0.1, 0.15) is 51.9 Å². The normalized spacial score (nSPS) is 30.4. The number of nitrogens with one attached hydrogen (secondary N) is 2. The molecule has 4 atom stereocenters. The lowest BCUT2D eigenvalue weighted by Gasteiger charge is -2.22. The molecule has 152 valence electrons. The number of halogens is 1. The Balaban J connectivity index is 0.00000243. The molecule has 2 N–H and O–H groups in total. The second kappa shape index (κ2) is 12.4. The average molecular weight is 479 g/mol. The molecule has 2 aliphatic carbocycles. The Labute approximate surface area is 176 Å². The van der Waals surface area contributed by atoms with Crippen LogP contribution in [0, 0.1) is 23.7 Å². The average Bonchev–Trinajstić information content (AvgIpc) is 3.35. The summed E-state index contributed by atoms with van der Waals surface area (Å²) in [6.45, 7) is 8.32. The first-order valence-corrected chi connectivity index (χ1v) is 10.5. The van der Waals surface area contributed by atoms with E-state index < -0.39 is 0 Å². The largest absolute Gasteiger partial charge is 0.381 e. The highest BCUT2D eigenvalue weighted by atomic mass is 127. The third-order valence-electron chi connectivity index (χ3n) is 6.13. The highest BCUT2D eigenvalue weighted by molar-refractivity contribution is 14.0. The number of aliphatic imine (C=N–C) groups is 1. The molecule has 4 unspecified atom stereocenters. The molecule has 3 rings (SSSR count). The fourth-order valence-electron chi connectivity index (χ4n) is 4.77. The summed E-state index contributed by atoms with van der Waals surface area (Å²) in [5.41, 5.74) is 0. The van der Waals surface area contributed by atoms with Gasteiger partial charge in [-0.15, -0.1) is 24.0 Å². The number of fused-ring (bicyclic) bond motifs is 2. The lowest BCUT2D eigenvalue weighted by atomic mass is 9.86. The fraction of sp³-hybridized carbons (Fsp3) is 0.950. The Kier molecular flexibility index (Phi) is 10.6. The molecular weight excluding hydrogens is 441 g/mol. The third-order valence-corrected chi connectivity index (χ3v) is 6.13. The van der Waals surface area contributed by atoms with Crippen molar-refractivity contribution in [3.05, 3.63) is 0 Å². The molecule has 2 saturated carbocycles. The first-order valence-electron chi connectivity index (χ1n) is 10.5. The maximum absolute atomic E-state index is 5.75. The first-order chi connectivity index (χ1) is 12.3. The van der Waals surface area contributed by atoms with Gasteiger partial charge >= 0.3 is 0 Å². The van der Waals surface area contributed by atoms with Crippen molar-refractivity contribution in [3.8, 4) is 0 Å². The van der Waals surface area contributed by atoms with E-state index in [-0.39, 0.29) is 24.0 Å². The molecular formula is C20H38IN3O2. The van der Waals surface area contributed by atoms with Gasteiger partial charge in [-0.3, -0.25) is 4.99 Å². The highest BCUT2D eigenvalue weighted by Crippen LogP contribution is 2.49. The van der Waals surface area contributed by atoms with Crippen LogP contribution in [0.2, 0.25) is 0 Å². The number of rotatable bonds is 10. The standard InChI is InChI=1S/C20H37N3O2.HI/c1-2-21-20(22-8-3-10-24-14-17-7-11-25-15-17)23-9-6-19-13-16-4-5-18(19)12-16;/h16-19H,2-15H2,1H3,(H2,21,22,23);1H. The topological polar surface area (TPSA) is 54.9 Å².